The molecule has 32 heavy (non-hydrogen) atoms. The highest BCUT2D eigenvalue weighted by molar-refractivity contribution is 7.86. The summed E-state index contributed by atoms with van der Waals surface area (Å²) in [5.41, 5.74) is 9.14. The number of nitrogens with zero attached hydrogens (tertiary/aromatic N) is 2. The van der Waals surface area contributed by atoms with Gasteiger partial charge >= 0.3 is 10.1 Å². The second kappa shape index (κ2) is 8.17. The molecule has 4 rings (SSSR count). The first-order chi connectivity index (χ1) is 15.1. The number of carbonyl (C=O) groups excluding carboxylic acids is 1. The van der Waals surface area contributed by atoms with Crippen LogP contribution in [-0.4, -0.2) is 50.9 Å². The highest BCUT2D eigenvalue weighted by Crippen LogP contribution is 2.38. The molecule has 0 saturated carbocycles. The Morgan fingerprint density at radius 3 is 2.53 bits per heavy atom. The normalized spacial score (nSPS) is 21.1. The van der Waals surface area contributed by atoms with Crippen LogP contribution in [0.15, 0.2) is 53.4 Å². The van der Waals surface area contributed by atoms with Gasteiger partial charge in [0.1, 0.15) is 17.8 Å². The molecule has 3 N–H and O–H groups in total. The number of amides is 1. The average Bonchev–Trinajstić information content (AvgIpc) is 3.36. The number of benzene rings is 2. The summed E-state index contributed by atoms with van der Waals surface area (Å²) >= 11 is 1.38. The van der Waals surface area contributed by atoms with E-state index >= 15 is 0 Å². The molecule has 0 spiro atoms. The van der Waals surface area contributed by atoms with Crippen LogP contribution in [0.25, 0.3) is 11.1 Å². The molecule has 2 aromatic carbocycles. The Labute approximate surface area is 189 Å². The summed E-state index contributed by atoms with van der Waals surface area (Å²) in [5, 5.41) is 5.01. The van der Waals surface area contributed by atoms with Crippen molar-refractivity contribution in [2.75, 3.05) is 20.4 Å². The molecule has 0 radical (unpaired) electrons. The predicted octanol–water partition coefficient (Wildman–Crippen LogP) is 1.70. The van der Waals surface area contributed by atoms with Gasteiger partial charge in [-0.25, -0.2) is 4.98 Å². The number of nitrogens with two attached hydrogens (primary N) is 1. The lowest BCUT2D eigenvalue weighted by atomic mass is 9.85. The Balaban J connectivity index is 1.85. The molecule has 1 amide bonds. The Hall–Kier alpha value is -2.99. The van der Waals surface area contributed by atoms with Gasteiger partial charge in [-0.2, -0.15) is 8.42 Å². The largest absolute Gasteiger partial charge is 0.497 e. The van der Waals surface area contributed by atoms with Gasteiger partial charge in [0, 0.05) is 18.5 Å². The fraction of sp³-hybridized carbons (Fsp3) is 0.238. The molecule has 168 valence electrons. The lowest BCUT2D eigenvalue weighted by Crippen LogP contribution is -2.48. The second-order valence-corrected chi connectivity index (χ2v) is 9.69. The van der Waals surface area contributed by atoms with Crippen LogP contribution in [0.1, 0.15) is 11.3 Å². The van der Waals surface area contributed by atoms with E-state index in [9.17, 15) is 13.2 Å². The van der Waals surface area contributed by atoms with Gasteiger partial charge in [0.15, 0.2) is 5.54 Å². The highest BCUT2D eigenvalue weighted by atomic mass is 32.2. The highest BCUT2D eigenvalue weighted by Gasteiger charge is 2.52. The van der Waals surface area contributed by atoms with Crippen molar-refractivity contribution in [2.45, 2.75) is 11.8 Å². The summed E-state index contributed by atoms with van der Waals surface area (Å²) < 4.78 is 33.6. The number of thiazole rings is 1. The molecule has 1 aliphatic heterocycles. The third-order valence-corrected chi connectivity index (χ3v) is 6.31. The lowest BCUT2D eigenvalue weighted by Gasteiger charge is -2.26. The van der Waals surface area contributed by atoms with Gasteiger partial charge in [0.05, 0.1) is 24.6 Å². The quantitative estimate of drug-likeness (QED) is 0.518. The van der Waals surface area contributed by atoms with Gasteiger partial charge in [-0.05, 0) is 34.9 Å². The van der Waals surface area contributed by atoms with E-state index in [-0.39, 0.29) is 11.7 Å². The zero-order chi connectivity index (χ0) is 23.1. The number of aromatic nitrogens is 1. The molecular weight excluding hydrogens is 452 g/mol. The summed E-state index contributed by atoms with van der Waals surface area (Å²) in [4.78, 5) is 19.2. The summed E-state index contributed by atoms with van der Waals surface area (Å²) in [6.07, 6.45) is 0.293. The maximum absolute atomic E-state index is 13.3. The summed E-state index contributed by atoms with van der Waals surface area (Å²) in [6.45, 7) is 0. The van der Waals surface area contributed by atoms with E-state index in [1.54, 1.807) is 24.7 Å². The zero-order valence-corrected chi connectivity index (χ0v) is 19.2. The molecule has 11 heteroatoms. The van der Waals surface area contributed by atoms with Crippen LogP contribution < -0.4 is 20.0 Å². The van der Waals surface area contributed by atoms with Crippen molar-refractivity contribution in [1.82, 2.24) is 15.2 Å². The number of likely N-dealkylation sites (N-methyl/N-ethyl adjacent to an activating group) is 1. The van der Waals surface area contributed by atoms with Crippen molar-refractivity contribution in [3.63, 3.8) is 0 Å². The Bertz CT molecular complexity index is 1260. The molecule has 2 heterocycles. The smallest absolute Gasteiger partial charge is 0.306 e. The maximum Gasteiger partial charge on any atom is 0.306 e. The van der Waals surface area contributed by atoms with Crippen LogP contribution in [0.4, 0.5) is 0 Å². The van der Waals surface area contributed by atoms with Crippen LogP contribution in [0.5, 0.6) is 11.5 Å². The van der Waals surface area contributed by atoms with Gasteiger partial charge in [-0.3, -0.25) is 15.8 Å². The second-order valence-electron chi connectivity index (χ2n) is 7.39. The van der Waals surface area contributed by atoms with Crippen LogP contribution in [-0.2, 0) is 20.5 Å². The SMILES string of the molecule is COc1cc(OS(C)(=O)=O)cc(-c2cccc(C3(c4cscn4)NC(N)N(C)C3=O)c2)c1. The van der Waals surface area contributed by atoms with Crippen molar-refractivity contribution >= 4 is 27.4 Å². The van der Waals surface area contributed by atoms with Gasteiger partial charge in [0.2, 0.25) is 0 Å². The summed E-state index contributed by atoms with van der Waals surface area (Å²) in [5.74, 6) is 0.329. The third-order valence-electron chi connectivity index (χ3n) is 5.23. The number of rotatable bonds is 6. The van der Waals surface area contributed by atoms with Gasteiger partial charge < -0.3 is 13.8 Å². The summed E-state index contributed by atoms with van der Waals surface area (Å²) in [7, 11) is -0.603. The molecular formula is C21H22N4O5S2. The van der Waals surface area contributed by atoms with E-state index in [0.717, 1.165) is 11.8 Å². The molecule has 0 aliphatic carbocycles. The van der Waals surface area contributed by atoms with Gasteiger partial charge in [0.25, 0.3) is 5.91 Å². The van der Waals surface area contributed by atoms with E-state index in [0.29, 0.717) is 22.6 Å². The van der Waals surface area contributed by atoms with Crippen molar-refractivity contribution < 1.29 is 22.1 Å². The monoisotopic (exact) mass is 474 g/mol. The van der Waals surface area contributed by atoms with Crippen molar-refractivity contribution in [3.8, 4) is 22.6 Å². The fourth-order valence-corrected chi connectivity index (χ4v) is 4.77. The standard InChI is InChI=1S/C21H22N4O5S2/c1-25-19(26)21(24-20(25)22,18-11-31-12-23-18)15-6-4-5-13(7-15)14-8-16(29-2)10-17(9-14)30-32(3,27)28/h4-12,20,24H,22H2,1-3H3. The molecule has 0 bridgehead atoms. The molecule has 1 saturated heterocycles. The fourth-order valence-electron chi connectivity index (χ4n) is 3.72. The van der Waals surface area contributed by atoms with E-state index in [2.05, 4.69) is 10.3 Å². The molecule has 1 aliphatic rings. The van der Waals surface area contributed by atoms with E-state index in [1.807, 2.05) is 29.6 Å². The van der Waals surface area contributed by atoms with Crippen molar-refractivity contribution in [2.24, 2.45) is 5.73 Å². The van der Waals surface area contributed by atoms with Crippen LogP contribution in [0.2, 0.25) is 0 Å². The van der Waals surface area contributed by atoms with Crippen LogP contribution in [0.3, 0.4) is 0 Å². The van der Waals surface area contributed by atoms with Crippen LogP contribution >= 0.6 is 11.3 Å². The number of hydrogen-bond donors (Lipinski definition) is 2. The first-order valence-electron chi connectivity index (χ1n) is 9.53. The van der Waals surface area contributed by atoms with Crippen molar-refractivity contribution in [1.29, 1.82) is 0 Å². The predicted molar refractivity (Wildman–Crippen MR) is 121 cm³/mol. The Morgan fingerprint density at radius 1 is 1.19 bits per heavy atom. The minimum atomic E-state index is -3.72. The van der Waals surface area contributed by atoms with Crippen molar-refractivity contribution in [3.05, 3.63) is 64.6 Å². The van der Waals surface area contributed by atoms with Gasteiger partial charge in [-0.1, -0.05) is 18.2 Å². The Morgan fingerprint density at radius 2 is 1.94 bits per heavy atom. The van der Waals surface area contributed by atoms with Gasteiger partial charge in [-0.15, -0.1) is 11.3 Å². The number of hydrogen-bond acceptors (Lipinski definition) is 9. The zero-order valence-electron chi connectivity index (χ0n) is 17.6. The van der Waals surface area contributed by atoms with Crippen LogP contribution in [0, 0.1) is 0 Å². The molecule has 3 aromatic rings. The van der Waals surface area contributed by atoms with E-state index in [4.69, 9.17) is 14.7 Å². The minimum Gasteiger partial charge on any atom is -0.497 e. The number of methoxy groups -OCH3 is 1. The number of ether oxygens (including phenoxy) is 1. The maximum atomic E-state index is 13.3. The molecule has 9 nitrogen and oxygen atoms in total. The first kappa shape index (κ1) is 22.2. The first-order valence-corrected chi connectivity index (χ1v) is 12.3. The third kappa shape index (κ3) is 3.95. The molecule has 1 aromatic heterocycles. The molecule has 2 unspecified atom stereocenters. The minimum absolute atomic E-state index is 0.123. The molecule has 1 fully saturated rings. The lowest BCUT2D eigenvalue weighted by molar-refractivity contribution is -0.131. The van der Waals surface area contributed by atoms with E-state index in [1.165, 1.54) is 29.4 Å². The van der Waals surface area contributed by atoms with E-state index < -0.39 is 21.9 Å². The summed E-state index contributed by atoms with van der Waals surface area (Å²) in [6, 6.07) is 12.2. The average molecular weight is 475 g/mol. The topological polar surface area (TPSA) is 124 Å². The molecule has 2 atom stereocenters. The number of nitrogens with one attached hydrogen (secondary N) is 1. The Kier molecular flexibility index (Phi) is 5.67. The number of carbonyl (C=O) groups is 1.